The highest BCUT2D eigenvalue weighted by Crippen LogP contribution is 2.61. The van der Waals surface area contributed by atoms with Gasteiger partial charge in [0.25, 0.3) is 0 Å². The normalized spacial score (nSPS) is 43.6. The van der Waals surface area contributed by atoms with Gasteiger partial charge in [-0.2, -0.15) is 0 Å². The molecule has 4 nitrogen and oxygen atoms in total. The highest BCUT2D eigenvalue weighted by molar-refractivity contribution is 5.16. The van der Waals surface area contributed by atoms with Crippen LogP contribution in [0.5, 0.6) is 0 Å². The zero-order valence-electron chi connectivity index (χ0n) is 15.8. The largest absolute Gasteiger partial charge is 0.390 e. The molecule has 0 aliphatic heterocycles. The first kappa shape index (κ1) is 18.4. The first-order valence-electron chi connectivity index (χ1n) is 9.30. The molecule has 0 heterocycles. The van der Waals surface area contributed by atoms with Crippen LogP contribution in [0.4, 0.5) is 0 Å². The molecule has 4 heteroatoms. The fourth-order valence-electron chi connectivity index (χ4n) is 5.83. The van der Waals surface area contributed by atoms with E-state index in [0.29, 0.717) is 25.2 Å². The van der Waals surface area contributed by atoms with Crippen molar-refractivity contribution in [1.82, 2.24) is 0 Å². The van der Waals surface area contributed by atoms with Crippen LogP contribution in [0, 0.1) is 17.3 Å². The van der Waals surface area contributed by atoms with Gasteiger partial charge in [-0.15, -0.1) is 0 Å². The molecular formula is C20H34O4. The average molecular weight is 338 g/mol. The second-order valence-electron chi connectivity index (χ2n) is 10.3. The van der Waals surface area contributed by atoms with Crippen molar-refractivity contribution in [3.05, 3.63) is 11.6 Å². The molecule has 4 fully saturated rings. The standard InChI is InChI=1S/C20H34O4/c1-13(2)6-15(17(3,4)5)16(21)24-20-9-14-7-18(22,11-20)10-19(23,8-14)12-20/h6,14-16,21-23H,7-12H2,1-5H3. The summed E-state index contributed by atoms with van der Waals surface area (Å²) in [6.07, 6.45) is 5.01. The van der Waals surface area contributed by atoms with E-state index in [-0.39, 0.29) is 11.3 Å². The van der Waals surface area contributed by atoms with Crippen molar-refractivity contribution in [3.63, 3.8) is 0 Å². The molecule has 0 aromatic heterocycles. The lowest BCUT2D eigenvalue weighted by atomic mass is 9.50. The molecule has 4 aliphatic carbocycles. The van der Waals surface area contributed by atoms with Crippen molar-refractivity contribution in [1.29, 1.82) is 0 Å². The fraction of sp³-hybridized carbons (Fsp3) is 0.900. The summed E-state index contributed by atoms with van der Waals surface area (Å²) in [5.74, 6) is 0.166. The minimum absolute atomic E-state index is 0.125. The Hall–Kier alpha value is -0.420. The van der Waals surface area contributed by atoms with Crippen molar-refractivity contribution < 1.29 is 20.1 Å². The monoisotopic (exact) mass is 338 g/mol. The highest BCUT2D eigenvalue weighted by atomic mass is 16.6. The van der Waals surface area contributed by atoms with Gasteiger partial charge in [-0.25, -0.2) is 0 Å². The molecule has 0 spiro atoms. The molecule has 4 aliphatic rings. The van der Waals surface area contributed by atoms with E-state index in [9.17, 15) is 15.3 Å². The quantitative estimate of drug-likeness (QED) is 0.544. The number of ether oxygens (including phenoxy) is 1. The van der Waals surface area contributed by atoms with Gasteiger partial charge in [0.1, 0.15) is 0 Å². The Morgan fingerprint density at radius 1 is 1.04 bits per heavy atom. The summed E-state index contributed by atoms with van der Waals surface area (Å²) in [6, 6.07) is 0. The Bertz CT molecular complexity index is 510. The first-order chi connectivity index (χ1) is 10.8. The lowest BCUT2D eigenvalue weighted by molar-refractivity contribution is -0.310. The van der Waals surface area contributed by atoms with E-state index in [1.54, 1.807) is 0 Å². The maximum atomic E-state index is 10.9. The van der Waals surface area contributed by atoms with Crippen molar-refractivity contribution in [3.8, 4) is 0 Å². The molecule has 4 unspecified atom stereocenters. The Balaban J connectivity index is 1.83. The van der Waals surface area contributed by atoms with Gasteiger partial charge in [0.05, 0.1) is 16.8 Å². The Morgan fingerprint density at radius 3 is 2.00 bits per heavy atom. The predicted octanol–water partition coefficient (Wildman–Crippen LogP) is 3.15. The van der Waals surface area contributed by atoms with Crippen LogP contribution in [0.25, 0.3) is 0 Å². The van der Waals surface area contributed by atoms with Gasteiger partial charge in [-0.05, 0) is 44.4 Å². The SMILES string of the molecule is CC(C)=CC(C(O)OC12CC3CC(O)(CC(O)(C3)C1)C2)C(C)(C)C. The summed E-state index contributed by atoms with van der Waals surface area (Å²) in [5, 5.41) is 32.6. The van der Waals surface area contributed by atoms with Gasteiger partial charge in [0.15, 0.2) is 6.29 Å². The smallest absolute Gasteiger partial charge is 0.162 e. The lowest BCUT2D eigenvalue weighted by Crippen LogP contribution is -2.67. The third kappa shape index (κ3) is 3.44. The Kier molecular flexibility index (Phi) is 4.24. The Labute approximate surface area is 145 Å². The van der Waals surface area contributed by atoms with Crippen LogP contribution in [0.15, 0.2) is 11.6 Å². The topological polar surface area (TPSA) is 69.9 Å². The Morgan fingerprint density at radius 2 is 1.58 bits per heavy atom. The van der Waals surface area contributed by atoms with Gasteiger partial charge < -0.3 is 20.1 Å². The van der Waals surface area contributed by atoms with E-state index in [2.05, 4.69) is 26.8 Å². The van der Waals surface area contributed by atoms with Gasteiger partial charge >= 0.3 is 0 Å². The number of aliphatic hydroxyl groups excluding tert-OH is 1. The second kappa shape index (κ2) is 5.54. The zero-order chi connectivity index (χ0) is 18.0. The molecule has 4 atom stereocenters. The van der Waals surface area contributed by atoms with Crippen molar-refractivity contribution in [2.45, 2.75) is 96.2 Å². The number of aliphatic hydroxyl groups is 3. The van der Waals surface area contributed by atoms with Crippen LogP contribution in [0.1, 0.15) is 73.1 Å². The van der Waals surface area contributed by atoms with Gasteiger partial charge in [0, 0.05) is 25.2 Å². The molecule has 0 saturated heterocycles. The fourth-order valence-corrected chi connectivity index (χ4v) is 5.83. The molecule has 0 aromatic rings. The minimum Gasteiger partial charge on any atom is -0.390 e. The molecule has 24 heavy (non-hydrogen) atoms. The van der Waals surface area contributed by atoms with Gasteiger partial charge in [-0.3, -0.25) is 0 Å². The first-order valence-corrected chi connectivity index (χ1v) is 9.30. The van der Waals surface area contributed by atoms with E-state index in [1.165, 1.54) is 0 Å². The molecule has 0 aromatic carbocycles. The summed E-state index contributed by atoms with van der Waals surface area (Å²) < 4.78 is 6.26. The van der Waals surface area contributed by atoms with Crippen molar-refractivity contribution in [2.24, 2.45) is 17.3 Å². The minimum atomic E-state index is -0.927. The number of hydrogen-bond donors (Lipinski definition) is 3. The third-order valence-corrected chi connectivity index (χ3v) is 6.15. The summed E-state index contributed by atoms with van der Waals surface area (Å²) in [6.45, 7) is 10.4. The number of allylic oxidation sites excluding steroid dienone is 1. The van der Waals surface area contributed by atoms with Crippen LogP contribution in [-0.4, -0.2) is 38.4 Å². The predicted molar refractivity (Wildman–Crippen MR) is 93.3 cm³/mol. The van der Waals surface area contributed by atoms with E-state index >= 15 is 0 Å². The van der Waals surface area contributed by atoms with Crippen LogP contribution >= 0.6 is 0 Å². The molecule has 0 radical (unpaired) electrons. The summed E-state index contributed by atoms with van der Waals surface area (Å²) >= 11 is 0. The molecule has 4 saturated carbocycles. The highest BCUT2D eigenvalue weighted by Gasteiger charge is 2.64. The van der Waals surface area contributed by atoms with E-state index in [4.69, 9.17) is 4.74 Å². The average Bonchev–Trinajstić information content (AvgIpc) is 2.28. The number of rotatable bonds is 4. The second-order valence-corrected chi connectivity index (χ2v) is 10.3. The van der Waals surface area contributed by atoms with E-state index < -0.39 is 23.1 Å². The molecule has 3 N–H and O–H groups in total. The van der Waals surface area contributed by atoms with E-state index in [1.807, 2.05) is 13.8 Å². The molecule has 138 valence electrons. The van der Waals surface area contributed by atoms with Gasteiger partial charge in [-0.1, -0.05) is 32.4 Å². The molecule has 4 rings (SSSR count). The number of hydrogen-bond acceptors (Lipinski definition) is 4. The van der Waals surface area contributed by atoms with Gasteiger partial charge in [0.2, 0.25) is 0 Å². The summed E-state index contributed by atoms with van der Waals surface area (Å²) in [4.78, 5) is 0. The van der Waals surface area contributed by atoms with Crippen molar-refractivity contribution in [2.75, 3.05) is 0 Å². The zero-order valence-corrected chi connectivity index (χ0v) is 15.8. The maximum Gasteiger partial charge on any atom is 0.162 e. The van der Waals surface area contributed by atoms with E-state index in [0.717, 1.165) is 24.8 Å². The van der Waals surface area contributed by atoms with Crippen LogP contribution in [0.3, 0.4) is 0 Å². The third-order valence-electron chi connectivity index (χ3n) is 6.15. The van der Waals surface area contributed by atoms with Crippen LogP contribution in [-0.2, 0) is 4.74 Å². The molecular weight excluding hydrogens is 304 g/mol. The summed E-state index contributed by atoms with van der Waals surface area (Å²) in [7, 11) is 0. The van der Waals surface area contributed by atoms with Crippen LogP contribution < -0.4 is 0 Å². The molecule has 4 bridgehead atoms. The lowest BCUT2D eigenvalue weighted by Gasteiger charge is -2.63. The summed E-state index contributed by atoms with van der Waals surface area (Å²) in [5.41, 5.74) is -1.24. The maximum absolute atomic E-state index is 10.9. The molecule has 0 amide bonds. The van der Waals surface area contributed by atoms with Crippen LogP contribution in [0.2, 0.25) is 0 Å². The van der Waals surface area contributed by atoms with Crippen molar-refractivity contribution >= 4 is 0 Å².